The Labute approximate surface area is 110 Å². The number of halogens is 1. The van der Waals surface area contributed by atoms with Crippen LogP contribution in [0.5, 0.6) is 0 Å². The van der Waals surface area contributed by atoms with Crippen LogP contribution in [-0.2, 0) is 4.79 Å². The fourth-order valence-electron chi connectivity index (χ4n) is 1.46. The molecular weight excluding hydrogens is 251 g/mol. The van der Waals surface area contributed by atoms with Crippen LogP contribution in [0.4, 0.5) is 9.18 Å². The maximum atomic E-state index is 13.4. The first-order valence-corrected chi connectivity index (χ1v) is 5.87. The van der Waals surface area contributed by atoms with Crippen LogP contribution in [0.3, 0.4) is 0 Å². The Balaban J connectivity index is 2.63. The van der Waals surface area contributed by atoms with E-state index in [9.17, 15) is 14.0 Å². The van der Waals surface area contributed by atoms with Gasteiger partial charge in [-0.1, -0.05) is 12.1 Å². The average molecular weight is 268 g/mol. The second-order valence-electron chi connectivity index (χ2n) is 4.41. The summed E-state index contributed by atoms with van der Waals surface area (Å²) in [6.07, 6.45) is 0. The van der Waals surface area contributed by atoms with Gasteiger partial charge in [0.15, 0.2) is 0 Å². The van der Waals surface area contributed by atoms with Crippen LogP contribution in [0, 0.1) is 12.7 Å². The molecule has 2 atom stereocenters. The number of amides is 2. The fraction of sp³-hybridized carbons (Fsp3) is 0.385. The van der Waals surface area contributed by atoms with Gasteiger partial charge in [-0.3, -0.25) is 4.79 Å². The summed E-state index contributed by atoms with van der Waals surface area (Å²) < 4.78 is 13.4. The summed E-state index contributed by atoms with van der Waals surface area (Å²) in [4.78, 5) is 22.1. The second kappa shape index (κ2) is 6.17. The van der Waals surface area contributed by atoms with Crippen molar-refractivity contribution in [2.45, 2.75) is 32.9 Å². The molecule has 3 N–H and O–H groups in total. The van der Waals surface area contributed by atoms with E-state index < -0.39 is 24.1 Å². The standard InChI is InChI=1S/C13H17FN2O3/c1-7-4-5-10(6-11(7)14)8(2)15-13(19)16-9(3)12(17)18/h4-6,8-9H,1-3H3,(H,17,18)(H2,15,16,19)/t8?,9-/m0/s1. The molecule has 0 aliphatic heterocycles. The maximum absolute atomic E-state index is 13.4. The van der Waals surface area contributed by atoms with E-state index in [4.69, 9.17) is 5.11 Å². The molecule has 104 valence electrons. The molecule has 1 aromatic carbocycles. The van der Waals surface area contributed by atoms with Crippen LogP contribution in [0.15, 0.2) is 18.2 Å². The lowest BCUT2D eigenvalue weighted by Crippen LogP contribution is -2.45. The van der Waals surface area contributed by atoms with Crippen LogP contribution in [0.2, 0.25) is 0 Å². The van der Waals surface area contributed by atoms with Crippen molar-refractivity contribution in [1.82, 2.24) is 10.6 Å². The highest BCUT2D eigenvalue weighted by Gasteiger charge is 2.16. The van der Waals surface area contributed by atoms with Gasteiger partial charge in [0.2, 0.25) is 0 Å². The first-order chi connectivity index (χ1) is 8.81. The molecule has 0 saturated carbocycles. The third-order valence-electron chi connectivity index (χ3n) is 2.76. The molecule has 6 heteroatoms. The molecule has 5 nitrogen and oxygen atoms in total. The number of nitrogens with one attached hydrogen (secondary N) is 2. The van der Waals surface area contributed by atoms with E-state index in [-0.39, 0.29) is 5.82 Å². The smallest absolute Gasteiger partial charge is 0.325 e. The number of urea groups is 1. The summed E-state index contributed by atoms with van der Waals surface area (Å²) in [5.74, 6) is -1.46. The zero-order valence-corrected chi connectivity index (χ0v) is 11.0. The molecule has 2 amide bonds. The molecule has 0 aromatic heterocycles. The van der Waals surface area contributed by atoms with E-state index in [0.29, 0.717) is 11.1 Å². The van der Waals surface area contributed by atoms with Crippen molar-refractivity contribution in [2.24, 2.45) is 0 Å². The molecule has 0 aliphatic rings. The molecular formula is C13H17FN2O3. The number of carbonyl (C=O) groups excluding carboxylic acids is 1. The quantitative estimate of drug-likeness (QED) is 0.781. The van der Waals surface area contributed by atoms with E-state index in [2.05, 4.69) is 10.6 Å². The zero-order valence-electron chi connectivity index (χ0n) is 11.0. The van der Waals surface area contributed by atoms with Crippen LogP contribution in [0.25, 0.3) is 0 Å². The maximum Gasteiger partial charge on any atom is 0.325 e. The number of aryl methyl sites for hydroxylation is 1. The molecule has 1 unspecified atom stereocenters. The predicted molar refractivity (Wildman–Crippen MR) is 68.3 cm³/mol. The van der Waals surface area contributed by atoms with Crippen LogP contribution in [0.1, 0.15) is 31.0 Å². The largest absolute Gasteiger partial charge is 0.480 e. The Morgan fingerprint density at radius 1 is 1.26 bits per heavy atom. The van der Waals surface area contributed by atoms with E-state index >= 15 is 0 Å². The Morgan fingerprint density at radius 2 is 1.89 bits per heavy atom. The molecule has 0 heterocycles. The average Bonchev–Trinajstić information content (AvgIpc) is 2.32. The molecule has 0 saturated heterocycles. The molecule has 1 rings (SSSR count). The highest BCUT2D eigenvalue weighted by atomic mass is 19.1. The number of rotatable bonds is 4. The minimum Gasteiger partial charge on any atom is -0.480 e. The first-order valence-electron chi connectivity index (χ1n) is 5.87. The number of hydrogen-bond acceptors (Lipinski definition) is 2. The van der Waals surface area contributed by atoms with Gasteiger partial charge in [-0.05, 0) is 38.0 Å². The number of benzene rings is 1. The van der Waals surface area contributed by atoms with E-state index in [1.54, 1.807) is 26.0 Å². The van der Waals surface area contributed by atoms with Gasteiger partial charge in [-0.2, -0.15) is 0 Å². The Morgan fingerprint density at radius 3 is 2.42 bits per heavy atom. The van der Waals surface area contributed by atoms with Crippen molar-refractivity contribution in [3.8, 4) is 0 Å². The molecule has 19 heavy (non-hydrogen) atoms. The van der Waals surface area contributed by atoms with Crippen LogP contribution in [-0.4, -0.2) is 23.1 Å². The second-order valence-corrected chi connectivity index (χ2v) is 4.41. The number of hydrogen-bond donors (Lipinski definition) is 3. The van der Waals surface area contributed by atoms with Gasteiger partial charge in [-0.15, -0.1) is 0 Å². The summed E-state index contributed by atoms with van der Waals surface area (Å²) >= 11 is 0. The number of carboxylic acids is 1. The minimum absolute atomic E-state index is 0.342. The Hall–Kier alpha value is -2.11. The molecule has 0 aliphatic carbocycles. The van der Waals surface area contributed by atoms with Crippen molar-refractivity contribution < 1.29 is 19.1 Å². The monoisotopic (exact) mass is 268 g/mol. The van der Waals surface area contributed by atoms with Gasteiger partial charge in [0.1, 0.15) is 11.9 Å². The van der Waals surface area contributed by atoms with Crippen molar-refractivity contribution in [2.75, 3.05) is 0 Å². The van der Waals surface area contributed by atoms with Gasteiger partial charge in [0.05, 0.1) is 6.04 Å². The Bertz CT molecular complexity index is 491. The molecule has 0 fully saturated rings. The third-order valence-corrected chi connectivity index (χ3v) is 2.76. The summed E-state index contributed by atoms with van der Waals surface area (Å²) in [6.45, 7) is 4.70. The molecule has 0 spiro atoms. The van der Waals surface area contributed by atoms with E-state index in [0.717, 1.165) is 0 Å². The molecule has 0 bridgehead atoms. The lowest BCUT2D eigenvalue weighted by molar-refractivity contribution is -0.138. The highest BCUT2D eigenvalue weighted by molar-refractivity contribution is 5.82. The number of carboxylic acid groups (broad SMARTS) is 1. The molecule has 1 aromatic rings. The van der Waals surface area contributed by atoms with Gasteiger partial charge < -0.3 is 15.7 Å². The number of carbonyl (C=O) groups is 2. The predicted octanol–water partition coefficient (Wildman–Crippen LogP) is 1.97. The van der Waals surface area contributed by atoms with Gasteiger partial charge in [0.25, 0.3) is 0 Å². The van der Waals surface area contributed by atoms with Crippen LogP contribution < -0.4 is 10.6 Å². The lowest BCUT2D eigenvalue weighted by atomic mass is 10.1. The van der Waals surface area contributed by atoms with Crippen LogP contribution >= 0.6 is 0 Å². The van der Waals surface area contributed by atoms with Crippen molar-refractivity contribution in [1.29, 1.82) is 0 Å². The summed E-state index contributed by atoms with van der Waals surface area (Å²) in [5.41, 5.74) is 1.14. The zero-order chi connectivity index (χ0) is 14.6. The lowest BCUT2D eigenvalue weighted by Gasteiger charge is -2.17. The number of aliphatic carboxylic acids is 1. The summed E-state index contributed by atoms with van der Waals surface area (Å²) in [7, 11) is 0. The van der Waals surface area contributed by atoms with E-state index in [1.165, 1.54) is 13.0 Å². The normalized spacial score (nSPS) is 13.5. The van der Waals surface area contributed by atoms with Crippen molar-refractivity contribution >= 4 is 12.0 Å². The Kier molecular flexibility index (Phi) is 4.86. The van der Waals surface area contributed by atoms with Gasteiger partial charge in [-0.25, -0.2) is 9.18 Å². The first kappa shape index (κ1) is 14.9. The van der Waals surface area contributed by atoms with Gasteiger partial charge in [0, 0.05) is 0 Å². The van der Waals surface area contributed by atoms with Crippen molar-refractivity contribution in [3.63, 3.8) is 0 Å². The summed E-state index contributed by atoms with van der Waals surface area (Å²) in [5, 5.41) is 13.5. The molecule has 0 radical (unpaired) electrons. The minimum atomic E-state index is -1.12. The SMILES string of the molecule is Cc1ccc(C(C)NC(=O)N[C@@H](C)C(=O)O)cc1F. The van der Waals surface area contributed by atoms with Crippen molar-refractivity contribution in [3.05, 3.63) is 35.1 Å². The fourth-order valence-corrected chi connectivity index (χ4v) is 1.46. The van der Waals surface area contributed by atoms with E-state index in [1.807, 2.05) is 0 Å². The third kappa shape index (κ3) is 4.24. The summed E-state index contributed by atoms with van der Waals surface area (Å²) in [6, 6.07) is 2.67. The van der Waals surface area contributed by atoms with Gasteiger partial charge >= 0.3 is 12.0 Å². The topological polar surface area (TPSA) is 78.4 Å². The highest BCUT2D eigenvalue weighted by Crippen LogP contribution is 2.16.